The van der Waals surface area contributed by atoms with Gasteiger partial charge in [-0.3, -0.25) is 0 Å². The van der Waals surface area contributed by atoms with Gasteiger partial charge in [0.15, 0.2) is 0 Å². The van der Waals surface area contributed by atoms with Crippen LogP contribution in [-0.4, -0.2) is 21.6 Å². The molecular weight excluding hydrogens is 309 g/mol. The Morgan fingerprint density at radius 1 is 1.17 bits per heavy atom. The molecule has 0 spiro atoms. The summed E-state index contributed by atoms with van der Waals surface area (Å²) in [6.45, 7) is 0. The van der Waals surface area contributed by atoms with Crippen molar-refractivity contribution < 1.29 is 17.9 Å². The number of hydrogen-bond acceptors (Lipinski definition) is 4. The largest absolute Gasteiger partial charge is 0.497 e. The molecule has 0 unspecified atom stereocenters. The van der Waals surface area contributed by atoms with Gasteiger partial charge in [0, 0.05) is 13.1 Å². The van der Waals surface area contributed by atoms with Crippen LogP contribution < -0.4 is 10.1 Å². The average Bonchev–Trinajstić information content (AvgIpc) is 2.88. The maximum Gasteiger partial charge on any atom is 0.418 e. The highest BCUT2D eigenvalue weighted by Crippen LogP contribution is 2.38. The van der Waals surface area contributed by atoms with Gasteiger partial charge >= 0.3 is 6.18 Å². The number of rotatable bonds is 3. The zero-order valence-electron chi connectivity index (χ0n) is 12.3. The third-order valence-electron chi connectivity index (χ3n) is 3.41. The fourth-order valence-electron chi connectivity index (χ4n) is 2.23. The first-order chi connectivity index (χ1) is 10.9. The van der Waals surface area contributed by atoms with Crippen molar-refractivity contribution in [1.29, 1.82) is 0 Å². The molecule has 3 aromatic rings. The molecule has 23 heavy (non-hydrogen) atoms. The van der Waals surface area contributed by atoms with Crippen LogP contribution in [0.3, 0.4) is 0 Å². The van der Waals surface area contributed by atoms with Crippen LogP contribution in [0.25, 0.3) is 11.0 Å². The molecule has 0 bridgehead atoms. The van der Waals surface area contributed by atoms with Crippen molar-refractivity contribution in [2.24, 2.45) is 7.05 Å². The summed E-state index contributed by atoms with van der Waals surface area (Å²) in [5, 5.41) is 2.71. The highest BCUT2D eigenvalue weighted by atomic mass is 19.4. The van der Waals surface area contributed by atoms with Gasteiger partial charge < -0.3 is 14.6 Å². The molecule has 0 aliphatic rings. The fraction of sp³-hybridized carbons (Fsp3) is 0.200. The average molecular weight is 322 g/mol. The predicted octanol–water partition coefficient (Wildman–Crippen LogP) is 3.74. The Bertz CT molecular complexity index is 858. The molecule has 0 atom stereocenters. The monoisotopic (exact) mass is 322 g/mol. The molecule has 0 saturated heterocycles. The second kappa shape index (κ2) is 5.45. The van der Waals surface area contributed by atoms with E-state index in [1.165, 1.54) is 25.4 Å². The van der Waals surface area contributed by atoms with Crippen molar-refractivity contribution in [2.45, 2.75) is 6.18 Å². The molecule has 1 N–H and O–H groups in total. The smallest absolute Gasteiger partial charge is 0.418 e. The van der Waals surface area contributed by atoms with Crippen LogP contribution in [0.2, 0.25) is 0 Å². The van der Waals surface area contributed by atoms with Crippen LogP contribution in [0.4, 0.5) is 24.7 Å². The summed E-state index contributed by atoms with van der Waals surface area (Å²) in [5.41, 5.74) is 0.532. The first-order valence-corrected chi connectivity index (χ1v) is 6.68. The third kappa shape index (κ3) is 2.92. The molecule has 2 aromatic heterocycles. The van der Waals surface area contributed by atoms with E-state index < -0.39 is 11.7 Å². The topological polar surface area (TPSA) is 52.0 Å². The molecule has 0 saturated carbocycles. The van der Waals surface area contributed by atoms with Crippen molar-refractivity contribution in [2.75, 3.05) is 12.4 Å². The minimum Gasteiger partial charge on any atom is -0.497 e. The van der Waals surface area contributed by atoms with Crippen LogP contribution in [0.5, 0.6) is 5.75 Å². The van der Waals surface area contributed by atoms with Gasteiger partial charge in [-0.25, -0.2) is 9.97 Å². The Kier molecular flexibility index (Phi) is 3.59. The predicted molar refractivity (Wildman–Crippen MR) is 79.8 cm³/mol. The van der Waals surface area contributed by atoms with Gasteiger partial charge in [-0.15, -0.1) is 0 Å². The van der Waals surface area contributed by atoms with E-state index >= 15 is 0 Å². The number of nitrogens with zero attached hydrogens (tertiary/aromatic N) is 3. The summed E-state index contributed by atoms with van der Waals surface area (Å²) < 4.78 is 46.2. The maximum absolute atomic E-state index is 13.2. The summed E-state index contributed by atoms with van der Waals surface area (Å²) in [7, 11) is 3.12. The normalized spacial score (nSPS) is 11.7. The van der Waals surface area contributed by atoms with Crippen molar-refractivity contribution in [1.82, 2.24) is 14.5 Å². The Morgan fingerprint density at radius 3 is 2.65 bits per heavy atom. The Morgan fingerprint density at radius 2 is 1.96 bits per heavy atom. The lowest BCUT2D eigenvalue weighted by atomic mass is 10.1. The molecule has 2 heterocycles. The zero-order chi connectivity index (χ0) is 16.6. The molecule has 0 amide bonds. The second-order valence-electron chi connectivity index (χ2n) is 4.95. The van der Waals surface area contributed by atoms with Crippen LogP contribution in [0, 0.1) is 0 Å². The third-order valence-corrected chi connectivity index (χ3v) is 3.41. The number of imidazole rings is 1. The number of nitrogens with one attached hydrogen (secondary N) is 1. The Labute approximate surface area is 129 Å². The standard InChI is InChI=1S/C15H13F3N4O/c1-22-8-20-12-7-19-14(6-13(12)22)21-11-4-3-9(23-2)5-10(11)15(16,17)18/h3-8H,1-2H3,(H,19,21). The van der Waals surface area contributed by atoms with Crippen LogP contribution >= 0.6 is 0 Å². The number of hydrogen-bond donors (Lipinski definition) is 1. The van der Waals surface area contributed by atoms with Crippen molar-refractivity contribution in [3.8, 4) is 5.75 Å². The Hall–Kier alpha value is -2.77. The van der Waals surface area contributed by atoms with Gasteiger partial charge in [0.05, 0.1) is 36.4 Å². The van der Waals surface area contributed by atoms with E-state index in [0.29, 0.717) is 11.3 Å². The summed E-state index contributed by atoms with van der Waals surface area (Å²) >= 11 is 0. The first kappa shape index (κ1) is 15.1. The van der Waals surface area contributed by atoms with E-state index in [4.69, 9.17) is 4.74 Å². The molecule has 0 radical (unpaired) electrons. The molecule has 0 fully saturated rings. The van der Waals surface area contributed by atoms with Crippen molar-refractivity contribution in [3.05, 3.63) is 42.4 Å². The lowest BCUT2D eigenvalue weighted by Gasteiger charge is -2.15. The van der Waals surface area contributed by atoms with E-state index in [1.807, 2.05) is 0 Å². The summed E-state index contributed by atoms with van der Waals surface area (Å²) in [6.07, 6.45) is -1.38. The minimum atomic E-state index is -4.51. The first-order valence-electron chi connectivity index (χ1n) is 6.68. The van der Waals surface area contributed by atoms with Gasteiger partial charge in [-0.2, -0.15) is 13.2 Å². The molecule has 3 rings (SSSR count). The number of fused-ring (bicyclic) bond motifs is 1. The van der Waals surface area contributed by atoms with Gasteiger partial charge in [0.1, 0.15) is 17.1 Å². The number of alkyl halides is 3. The van der Waals surface area contributed by atoms with E-state index in [2.05, 4.69) is 15.3 Å². The maximum atomic E-state index is 13.2. The van der Waals surface area contributed by atoms with E-state index in [1.54, 1.807) is 24.0 Å². The van der Waals surface area contributed by atoms with Gasteiger partial charge in [0.2, 0.25) is 0 Å². The quantitative estimate of drug-likeness (QED) is 0.798. The summed E-state index contributed by atoms with van der Waals surface area (Å²) in [4.78, 5) is 8.22. The van der Waals surface area contributed by atoms with E-state index in [9.17, 15) is 13.2 Å². The Balaban J connectivity index is 2.02. The number of aryl methyl sites for hydroxylation is 1. The van der Waals surface area contributed by atoms with Gasteiger partial charge in [0.25, 0.3) is 0 Å². The highest BCUT2D eigenvalue weighted by Gasteiger charge is 2.34. The van der Waals surface area contributed by atoms with Crippen molar-refractivity contribution >= 4 is 22.5 Å². The van der Waals surface area contributed by atoms with Crippen LogP contribution in [0.1, 0.15) is 5.56 Å². The number of benzene rings is 1. The minimum absolute atomic E-state index is 0.0904. The number of ether oxygens (including phenoxy) is 1. The molecule has 0 aliphatic heterocycles. The number of aromatic nitrogens is 3. The molecule has 8 heteroatoms. The zero-order valence-corrected chi connectivity index (χ0v) is 12.3. The number of pyridine rings is 1. The van der Waals surface area contributed by atoms with Gasteiger partial charge in [-0.05, 0) is 18.2 Å². The summed E-state index contributed by atoms with van der Waals surface area (Å²) in [5.74, 6) is 0.440. The lowest BCUT2D eigenvalue weighted by Crippen LogP contribution is -2.09. The highest BCUT2D eigenvalue weighted by molar-refractivity contribution is 5.78. The molecule has 0 aliphatic carbocycles. The number of anilines is 2. The van der Waals surface area contributed by atoms with Crippen molar-refractivity contribution in [3.63, 3.8) is 0 Å². The fourth-order valence-corrected chi connectivity index (χ4v) is 2.23. The van der Waals surface area contributed by atoms with Crippen LogP contribution in [0.15, 0.2) is 36.8 Å². The molecule has 5 nitrogen and oxygen atoms in total. The lowest BCUT2D eigenvalue weighted by molar-refractivity contribution is -0.137. The number of methoxy groups -OCH3 is 1. The van der Waals surface area contributed by atoms with Gasteiger partial charge in [-0.1, -0.05) is 0 Å². The number of halogens is 3. The van der Waals surface area contributed by atoms with E-state index in [-0.39, 0.29) is 11.4 Å². The van der Waals surface area contributed by atoms with E-state index in [0.717, 1.165) is 11.6 Å². The SMILES string of the molecule is COc1ccc(Nc2cc3c(cn2)ncn3C)c(C(F)(F)F)c1. The molecular formula is C15H13F3N4O. The van der Waals surface area contributed by atoms with Crippen LogP contribution in [-0.2, 0) is 13.2 Å². The molecule has 1 aromatic carbocycles. The molecule has 120 valence electrons. The summed E-state index contributed by atoms with van der Waals surface area (Å²) in [6, 6.07) is 5.37. The second-order valence-corrected chi connectivity index (χ2v) is 4.95.